The van der Waals surface area contributed by atoms with Crippen molar-refractivity contribution in [2.24, 2.45) is 0 Å². The SMILES string of the molecule is CCc1ccc(-c2cc3c(SCC(=O)Nc4ccccc4Cl)nccn3n2)cc1. The molecule has 5 nitrogen and oxygen atoms in total. The molecule has 0 fully saturated rings. The first-order valence-electron chi connectivity index (χ1n) is 9.25. The van der Waals surface area contributed by atoms with Crippen molar-refractivity contribution in [2.75, 3.05) is 11.1 Å². The molecule has 0 radical (unpaired) electrons. The largest absolute Gasteiger partial charge is 0.324 e. The van der Waals surface area contributed by atoms with Gasteiger partial charge in [-0.3, -0.25) is 4.79 Å². The van der Waals surface area contributed by atoms with E-state index in [0.29, 0.717) is 10.7 Å². The van der Waals surface area contributed by atoms with Gasteiger partial charge in [-0.2, -0.15) is 5.10 Å². The predicted octanol–water partition coefficient (Wildman–Crippen LogP) is 5.34. The number of carbonyl (C=O) groups excluding carboxylic acids is 1. The Morgan fingerprint density at radius 1 is 1.17 bits per heavy atom. The normalized spacial score (nSPS) is 11.0. The topological polar surface area (TPSA) is 59.3 Å². The van der Waals surface area contributed by atoms with Crippen molar-refractivity contribution in [3.8, 4) is 11.3 Å². The average molecular weight is 423 g/mol. The molecule has 4 rings (SSSR count). The highest BCUT2D eigenvalue weighted by molar-refractivity contribution is 8.00. The molecule has 0 unspecified atom stereocenters. The van der Waals surface area contributed by atoms with Crippen molar-refractivity contribution in [1.29, 1.82) is 0 Å². The molecule has 0 bridgehead atoms. The van der Waals surface area contributed by atoms with Gasteiger partial charge in [0.15, 0.2) is 0 Å². The quantitative estimate of drug-likeness (QED) is 0.426. The van der Waals surface area contributed by atoms with E-state index in [2.05, 4.69) is 46.6 Å². The van der Waals surface area contributed by atoms with E-state index in [1.807, 2.05) is 24.4 Å². The molecule has 0 saturated heterocycles. The Morgan fingerprint density at radius 3 is 2.72 bits per heavy atom. The number of anilines is 1. The van der Waals surface area contributed by atoms with E-state index in [0.717, 1.165) is 28.2 Å². The summed E-state index contributed by atoms with van der Waals surface area (Å²) in [6.45, 7) is 2.14. The van der Waals surface area contributed by atoms with Gasteiger partial charge in [0.25, 0.3) is 0 Å². The van der Waals surface area contributed by atoms with Crippen molar-refractivity contribution in [2.45, 2.75) is 18.4 Å². The van der Waals surface area contributed by atoms with Crippen molar-refractivity contribution < 1.29 is 4.79 Å². The minimum Gasteiger partial charge on any atom is -0.324 e. The minimum absolute atomic E-state index is 0.137. The fraction of sp³-hybridized carbons (Fsp3) is 0.136. The van der Waals surface area contributed by atoms with Gasteiger partial charge in [0.05, 0.1) is 27.7 Å². The number of halogens is 1. The van der Waals surface area contributed by atoms with Crippen LogP contribution in [0.25, 0.3) is 16.8 Å². The van der Waals surface area contributed by atoms with Crippen LogP contribution in [0.1, 0.15) is 12.5 Å². The average Bonchev–Trinajstić information content (AvgIpc) is 3.19. The zero-order valence-corrected chi connectivity index (χ0v) is 17.4. The van der Waals surface area contributed by atoms with Gasteiger partial charge in [0.1, 0.15) is 5.03 Å². The van der Waals surface area contributed by atoms with Crippen LogP contribution in [0.5, 0.6) is 0 Å². The number of nitrogens with one attached hydrogen (secondary N) is 1. The molecule has 4 aromatic rings. The van der Waals surface area contributed by atoms with E-state index in [-0.39, 0.29) is 11.7 Å². The van der Waals surface area contributed by atoms with Crippen LogP contribution in [0.4, 0.5) is 5.69 Å². The number of nitrogens with zero attached hydrogens (tertiary/aromatic N) is 3. The number of hydrogen-bond acceptors (Lipinski definition) is 4. The highest BCUT2D eigenvalue weighted by atomic mass is 35.5. The van der Waals surface area contributed by atoms with Gasteiger partial charge in [0.2, 0.25) is 5.91 Å². The van der Waals surface area contributed by atoms with Gasteiger partial charge in [-0.25, -0.2) is 9.50 Å². The third-order valence-electron chi connectivity index (χ3n) is 4.50. The Bertz CT molecular complexity index is 1160. The van der Waals surface area contributed by atoms with Crippen molar-refractivity contribution >= 4 is 40.5 Å². The van der Waals surface area contributed by atoms with Gasteiger partial charge in [0, 0.05) is 18.0 Å². The molecule has 146 valence electrons. The van der Waals surface area contributed by atoms with Crippen LogP contribution in [-0.4, -0.2) is 26.3 Å². The minimum atomic E-state index is -0.137. The molecular weight excluding hydrogens is 404 g/mol. The molecule has 0 atom stereocenters. The maximum Gasteiger partial charge on any atom is 0.234 e. The van der Waals surface area contributed by atoms with Crippen LogP contribution in [0.3, 0.4) is 0 Å². The molecule has 0 saturated carbocycles. The summed E-state index contributed by atoms with van der Waals surface area (Å²) in [6.07, 6.45) is 4.51. The summed E-state index contributed by atoms with van der Waals surface area (Å²) >= 11 is 7.47. The molecule has 1 amide bonds. The molecule has 29 heavy (non-hydrogen) atoms. The van der Waals surface area contributed by atoms with Gasteiger partial charge in [-0.15, -0.1) is 0 Å². The number of benzene rings is 2. The monoisotopic (exact) mass is 422 g/mol. The summed E-state index contributed by atoms with van der Waals surface area (Å²) in [7, 11) is 0. The summed E-state index contributed by atoms with van der Waals surface area (Å²) in [4.78, 5) is 16.8. The zero-order chi connectivity index (χ0) is 20.2. The van der Waals surface area contributed by atoms with E-state index in [9.17, 15) is 4.79 Å². The predicted molar refractivity (Wildman–Crippen MR) is 119 cm³/mol. The van der Waals surface area contributed by atoms with E-state index >= 15 is 0 Å². The lowest BCUT2D eigenvalue weighted by Crippen LogP contribution is -2.14. The number of thioether (sulfide) groups is 1. The Balaban J connectivity index is 1.51. The summed E-state index contributed by atoms with van der Waals surface area (Å²) < 4.78 is 1.80. The van der Waals surface area contributed by atoms with Gasteiger partial charge >= 0.3 is 0 Å². The highest BCUT2D eigenvalue weighted by Gasteiger charge is 2.12. The Hall–Kier alpha value is -2.83. The number of fused-ring (bicyclic) bond motifs is 1. The Kier molecular flexibility index (Phi) is 5.83. The van der Waals surface area contributed by atoms with Crippen LogP contribution in [0, 0.1) is 0 Å². The fourth-order valence-electron chi connectivity index (χ4n) is 2.94. The number of carbonyl (C=O) groups is 1. The number of rotatable bonds is 6. The van der Waals surface area contributed by atoms with Crippen molar-refractivity contribution in [1.82, 2.24) is 14.6 Å². The van der Waals surface area contributed by atoms with Gasteiger partial charge in [-0.1, -0.05) is 66.7 Å². The highest BCUT2D eigenvalue weighted by Crippen LogP contribution is 2.27. The second-order valence-electron chi connectivity index (χ2n) is 6.46. The molecule has 0 spiro atoms. The second kappa shape index (κ2) is 8.68. The lowest BCUT2D eigenvalue weighted by molar-refractivity contribution is -0.113. The van der Waals surface area contributed by atoms with E-state index < -0.39 is 0 Å². The van der Waals surface area contributed by atoms with E-state index in [4.69, 9.17) is 11.6 Å². The number of para-hydroxylation sites is 1. The van der Waals surface area contributed by atoms with Crippen LogP contribution in [-0.2, 0) is 11.2 Å². The summed E-state index contributed by atoms with van der Waals surface area (Å²) in [5, 5.41) is 8.75. The molecule has 2 aromatic heterocycles. The Labute approximate surface area is 178 Å². The lowest BCUT2D eigenvalue weighted by Gasteiger charge is -2.07. The molecular formula is C22H19ClN4OS. The smallest absolute Gasteiger partial charge is 0.234 e. The standard InChI is InChI=1S/C22H19ClN4OS/c1-2-15-7-9-16(10-8-15)19-13-20-22(24-11-12-27(20)26-19)29-14-21(28)25-18-6-4-3-5-17(18)23/h3-13H,2,14H2,1H3,(H,25,28). The molecule has 7 heteroatoms. The first-order valence-corrected chi connectivity index (χ1v) is 10.6. The number of hydrogen-bond donors (Lipinski definition) is 1. The maximum atomic E-state index is 12.3. The number of amides is 1. The number of aryl methyl sites for hydroxylation is 1. The van der Waals surface area contributed by atoms with Crippen LogP contribution in [0.2, 0.25) is 5.02 Å². The molecule has 0 aliphatic heterocycles. The number of aromatic nitrogens is 3. The zero-order valence-electron chi connectivity index (χ0n) is 15.8. The van der Waals surface area contributed by atoms with Crippen molar-refractivity contribution in [3.63, 3.8) is 0 Å². The fourth-order valence-corrected chi connectivity index (χ4v) is 3.90. The van der Waals surface area contributed by atoms with Crippen LogP contribution >= 0.6 is 23.4 Å². The molecule has 2 heterocycles. The third kappa shape index (κ3) is 4.44. The summed E-state index contributed by atoms with van der Waals surface area (Å²) in [6, 6.07) is 17.6. The molecule has 2 aromatic carbocycles. The van der Waals surface area contributed by atoms with Crippen LogP contribution in [0.15, 0.2) is 72.0 Å². The van der Waals surface area contributed by atoms with Crippen molar-refractivity contribution in [3.05, 3.63) is 77.6 Å². The summed E-state index contributed by atoms with van der Waals surface area (Å²) in [5.41, 5.74) is 4.70. The van der Waals surface area contributed by atoms with E-state index in [1.54, 1.807) is 22.8 Å². The van der Waals surface area contributed by atoms with Gasteiger partial charge < -0.3 is 5.32 Å². The molecule has 0 aliphatic carbocycles. The molecule has 0 aliphatic rings. The van der Waals surface area contributed by atoms with Gasteiger partial charge in [-0.05, 0) is 30.2 Å². The second-order valence-corrected chi connectivity index (χ2v) is 7.83. The summed E-state index contributed by atoms with van der Waals surface area (Å²) in [5.74, 6) is 0.0886. The first-order chi connectivity index (χ1) is 14.1. The third-order valence-corrected chi connectivity index (χ3v) is 5.82. The first kappa shape index (κ1) is 19.5. The Morgan fingerprint density at radius 2 is 1.97 bits per heavy atom. The van der Waals surface area contributed by atoms with Crippen LogP contribution < -0.4 is 5.32 Å². The van der Waals surface area contributed by atoms with E-state index in [1.165, 1.54) is 17.3 Å². The molecule has 1 N–H and O–H groups in total. The lowest BCUT2D eigenvalue weighted by atomic mass is 10.1. The maximum absolute atomic E-state index is 12.3.